The number of carbonyl (C=O) groups excluding carboxylic acids is 3. The van der Waals surface area contributed by atoms with E-state index in [9.17, 15) is 19.5 Å². The maximum absolute atomic E-state index is 13.0. The van der Waals surface area contributed by atoms with Gasteiger partial charge in [0.05, 0.1) is 0 Å². The third kappa shape index (κ3) is 4.08. The van der Waals surface area contributed by atoms with E-state index in [1.165, 1.54) is 0 Å². The summed E-state index contributed by atoms with van der Waals surface area (Å²) in [6.45, 7) is 1.53. The number of fused-ring (bicyclic) bond motifs is 1. The molecule has 3 amide bonds. The van der Waals surface area contributed by atoms with Crippen molar-refractivity contribution in [1.82, 2.24) is 15.1 Å². The van der Waals surface area contributed by atoms with E-state index in [1.807, 2.05) is 42.5 Å². The van der Waals surface area contributed by atoms with Crippen molar-refractivity contribution in [3.05, 3.63) is 65.2 Å². The number of piperidine rings is 1. The van der Waals surface area contributed by atoms with Crippen molar-refractivity contribution in [3.63, 3.8) is 0 Å². The minimum absolute atomic E-state index is 0.0143. The van der Waals surface area contributed by atoms with Crippen molar-refractivity contribution in [2.24, 2.45) is 0 Å². The monoisotopic (exact) mass is 489 g/mol. The molecular formula is C28H31N3O5. The lowest BCUT2D eigenvalue weighted by Crippen LogP contribution is -2.65. The number of likely N-dealkylation sites (tertiary alicyclic amines) is 1. The van der Waals surface area contributed by atoms with Crippen LogP contribution < -0.4 is 10.1 Å². The van der Waals surface area contributed by atoms with Crippen molar-refractivity contribution in [2.45, 2.75) is 68.9 Å². The fourth-order valence-electron chi connectivity index (χ4n) is 6.22. The van der Waals surface area contributed by atoms with Gasteiger partial charge in [-0.2, -0.15) is 0 Å². The zero-order chi connectivity index (χ0) is 24.9. The molecule has 1 unspecified atom stereocenters. The quantitative estimate of drug-likeness (QED) is 0.626. The number of aliphatic hydroxyl groups is 1. The van der Waals surface area contributed by atoms with E-state index in [4.69, 9.17) is 4.74 Å². The summed E-state index contributed by atoms with van der Waals surface area (Å²) in [4.78, 5) is 40.7. The van der Waals surface area contributed by atoms with Gasteiger partial charge in [0.25, 0.3) is 5.91 Å². The summed E-state index contributed by atoms with van der Waals surface area (Å²) >= 11 is 0. The highest BCUT2D eigenvalue weighted by Gasteiger charge is 2.48. The second kappa shape index (κ2) is 9.01. The number of rotatable bonds is 5. The third-order valence-electron chi connectivity index (χ3n) is 8.16. The average Bonchev–Trinajstić information content (AvgIpc) is 3.18. The van der Waals surface area contributed by atoms with Crippen molar-refractivity contribution in [3.8, 4) is 5.75 Å². The maximum atomic E-state index is 13.0. The summed E-state index contributed by atoms with van der Waals surface area (Å²) in [6, 6.07) is 15.0. The standard InChI is InChI=1S/C28H31N3O5/c32-25-13-12-23(26(33)29-25)31-15-18-14-20(10-11-21(18)27(31)34)36-24-9-5-4-8-22(24)30-16-28(35,17-30)19-6-2-1-3-7-19/h1-3,6-7,10-11,14,22-24,35H,4-5,8-9,12-13,15-17H2,(H,29,32,33)/t22-,23?,24+/m0/s1. The van der Waals surface area contributed by atoms with Crippen LogP contribution in [0.15, 0.2) is 48.5 Å². The molecule has 4 aliphatic rings. The van der Waals surface area contributed by atoms with Crippen molar-refractivity contribution in [1.29, 1.82) is 0 Å². The van der Waals surface area contributed by atoms with E-state index >= 15 is 0 Å². The van der Waals surface area contributed by atoms with E-state index in [0.717, 1.165) is 42.6 Å². The number of hydrogen-bond acceptors (Lipinski definition) is 6. The van der Waals surface area contributed by atoms with Crippen LogP contribution in [0.2, 0.25) is 0 Å². The first-order valence-electron chi connectivity index (χ1n) is 12.9. The van der Waals surface area contributed by atoms with Crippen LogP contribution in [0.4, 0.5) is 0 Å². The molecule has 0 aromatic heterocycles. The summed E-state index contributed by atoms with van der Waals surface area (Å²) in [7, 11) is 0. The molecule has 0 spiro atoms. The second-order valence-corrected chi connectivity index (χ2v) is 10.5. The Kier molecular flexibility index (Phi) is 5.80. The molecule has 1 saturated carbocycles. The first-order valence-corrected chi connectivity index (χ1v) is 12.9. The highest BCUT2D eigenvalue weighted by atomic mass is 16.5. The van der Waals surface area contributed by atoms with Gasteiger partial charge < -0.3 is 14.7 Å². The Morgan fingerprint density at radius 3 is 2.53 bits per heavy atom. The van der Waals surface area contributed by atoms with Crippen LogP contribution in [-0.2, 0) is 21.7 Å². The number of carbonyl (C=O) groups is 3. The van der Waals surface area contributed by atoms with Crippen LogP contribution >= 0.6 is 0 Å². The second-order valence-electron chi connectivity index (χ2n) is 10.5. The van der Waals surface area contributed by atoms with E-state index in [1.54, 1.807) is 11.0 Å². The van der Waals surface area contributed by atoms with Crippen molar-refractivity contribution >= 4 is 17.7 Å². The predicted molar refractivity (Wildman–Crippen MR) is 131 cm³/mol. The molecule has 3 heterocycles. The van der Waals surface area contributed by atoms with Gasteiger partial charge in [-0.3, -0.25) is 24.6 Å². The highest BCUT2D eigenvalue weighted by molar-refractivity contribution is 6.05. The van der Waals surface area contributed by atoms with Gasteiger partial charge in [-0.1, -0.05) is 36.8 Å². The van der Waals surface area contributed by atoms with E-state index < -0.39 is 17.6 Å². The summed E-state index contributed by atoms with van der Waals surface area (Å²) in [6.07, 6.45) is 4.83. The summed E-state index contributed by atoms with van der Waals surface area (Å²) < 4.78 is 6.50. The molecule has 3 fully saturated rings. The highest BCUT2D eigenvalue weighted by Crippen LogP contribution is 2.38. The topological polar surface area (TPSA) is 99.2 Å². The number of benzene rings is 2. The zero-order valence-electron chi connectivity index (χ0n) is 20.2. The minimum Gasteiger partial charge on any atom is -0.489 e. The van der Waals surface area contributed by atoms with E-state index in [0.29, 0.717) is 31.6 Å². The molecule has 2 aromatic rings. The van der Waals surface area contributed by atoms with Crippen LogP contribution in [0.3, 0.4) is 0 Å². The fraction of sp³-hybridized carbons (Fsp3) is 0.464. The number of ether oxygens (including phenoxy) is 1. The van der Waals surface area contributed by atoms with Gasteiger partial charge >= 0.3 is 0 Å². The maximum Gasteiger partial charge on any atom is 0.255 e. The Balaban J connectivity index is 1.13. The van der Waals surface area contributed by atoms with Gasteiger partial charge in [0, 0.05) is 37.7 Å². The van der Waals surface area contributed by atoms with Gasteiger partial charge in [-0.05, 0) is 55.0 Å². The van der Waals surface area contributed by atoms with Crippen molar-refractivity contribution < 1.29 is 24.2 Å². The molecule has 0 radical (unpaired) electrons. The molecule has 2 saturated heterocycles. The molecule has 2 N–H and O–H groups in total. The molecule has 1 aliphatic carbocycles. The lowest BCUT2D eigenvalue weighted by Gasteiger charge is -2.53. The van der Waals surface area contributed by atoms with Crippen LogP contribution in [-0.4, -0.2) is 63.9 Å². The lowest BCUT2D eigenvalue weighted by atomic mass is 9.81. The number of hydrogen-bond donors (Lipinski definition) is 2. The Morgan fingerprint density at radius 2 is 1.75 bits per heavy atom. The molecule has 188 valence electrons. The van der Waals surface area contributed by atoms with Crippen LogP contribution in [0.5, 0.6) is 5.75 Å². The molecule has 3 atom stereocenters. The molecule has 0 bridgehead atoms. The van der Waals surface area contributed by atoms with E-state index in [-0.39, 0.29) is 30.4 Å². The van der Waals surface area contributed by atoms with Gasteiger partial charge in [0.2, 0.25) is 11.8 Å². The summed E-state index contributed by atoms with van der Waals surface area (Å²) in [5.41, 5.74) is 1.58. The number of nitrogens with zero attached hydrogens (tertiary/aromatic N) is 2. The molecule has 6 rings (SSSR count). The van der Waals surface area contributed by atoms with Crippen molar-refractivity contribution in [2.75, 3.05) is 13.1 Å². The van der Waals surface area contributed by atoms with Crippen LogP contribution in [0.1, 0.15) is 60.0 Å². The Hall–Kier alpha value is -3.23. The van der Waals surface area contributed by atoms with Crippen LogP contribution in [0.25, 0.3) is 0 Å². The van der Waals surface area contributed by atoms with Gasteiger partial charge in [0.15, 0.2) is 0 Å². The third-order valence-corrected chi connectivity index (χ3v) is 8.16. The SMILES string of the molecule is O=C1CCC(N2Cc3cc(O[C@@H]4CCCC[C@@H]4N4CC(O)(c5ccccc5)C4)ccc3C2=O)C(=O)N1. The molecule has 3 aliphatic heterocycles. The number of nitrogens with one attached hydrogen (secondary N) is 1. The van der Waals surface area contributed by atoms with Gasteiger partial charge in [0.1, 0.15) is 23.5 Å². The molecular weight excluding hydrogens is 458 g/mol. The first-order chi connectivity index (χ1) is 17.4. The smallest absolute Gasteiger partial charge is 0.255 e. The summed E-state index contributed by atoms with van der Waals surface area (Å²) in [5.74, 6) is -0.147. The largest absolute Gasteiger partial charge is 0.489 e. The fourth-order valence-corrected chi connectivity index (χ4v) is 6.22. The number of imide groups is 1. The van der Waals surface area contributed by atoms with Crippen LogP contribution in [0, 0.1) is 0 Å². The lowest BCUT2D eigenvalue weighted by molar-refractivity contribution is -0.141. The van der Waals surface area contributed by atoms with Gasteiger partial charge in [-0.25, -0.2) is 0 Å². The first kappa shape index (κ1) is 23.2. The molecule has 8 nitrogen and oxygen atoms in total. The molecule has 8 heteroatoms. The number of amides is 3. The Labute approximate surface area is 210 Å². The Morgan fingerprint density at radius 1 is 0.972 bits per heavy atom. The summed E-state index contributed by atoms with van der Waals surface area (Å²) in [5, 5.41) is 13.4. The zero-order valence-corrected chi connectivity index (χ0v) is 20.2. The normalized spacial score (nSPS) is 27.9. The minimum atomic E-state index is -0.809. The van der Waals surface area contributed by atoms with E-state index in [2.05, 4.69) is 10.2 Å². The predicted octanol–water partition coefficient (Wildman–Crippen LogP) is 2.34. The Bertz CT molecular complexity index is 1190. The van der Waals surface area contributed by atoms with Gasteiger partial charge in [-0.15, -0.1) is 0 Å². The number of β-amino-alcohol motifs (C(OH)–C–C–N with tert-alkyl or cyclic N) is 1. The molecule has 36 heavy (non-hydrogen) atoms. The average molecular weight is 490 g/mol. The molecule has 2 aromatic carbocycles.